The number of benzene rings is 1. The van der Waals surface area contributed by atoms with Crippen molar-refractivity contribution in [3.8, 4) is 17.1 Å². The molecule has 5 heteroatoms. The molecule has 86 valence electrons. The first-order valence-corrected chi connectivity index (χ1v) is 6.32. The Bertz CT molecular complexity index is 586. The van der Waals surface area contributed by atoms with Gasteiger partial charge in [-0.3, -0.25) is 0 Å². The number of nitrogens with zero attached hydrogens (tertiary/aromatic N) is 2. The van der Waals surface area contributed by atoms with E-state index < -0.39 is 0 Å². The third-order valence-electron chi connectivity index (χ3n) is 2.75. The van der Waals surface area contributed by atoms with Crippen LogP contribution in [0.1, 0.15) is 5.56 Å². The minimum Gasteiger partial charge on any atom is -0.493 e. The quantitative estimate of drug-likeness (QED) is 0.743. The fourth-order valence-electron chi connectivity index (χ4n) is 1.99. The number of anilines is 1. The molecule has 2 aromatic rings. The lowest BCUT2D eigenvalue weighted by molar-refractivity contribution is 0.447. The number of aromatic hydroxyl groups is 1. The number of nitrogens with two attached hydrogens (primary N) is 1. The van der Waals surface area contributed by atoms with Crippen LogP contribution < -0.4 is 5.73 Å². The molecule has 0 radical (unpaired) electrons. The van der Waals surface area contributed by atoms with E-state index in [1.54, 1.807) is 11.8 Å². The molecule has 0 amide bonds. The second-order valence-corrected chi connectivity index (χ2v) is 4.96. The van der Waals surface area contributed by atoms with Crippen molar-refractivity contribution in [2.45, 2.75) is 11.3 Å². The summed E-state index contributed by atoms with van der Waals surface area (Å²) in [7, 11) is 0. The zero-order chi connectivity index (χ0) is 11.8. The van der Waals surface area contributed by atoms with Gasteiger partial charge < -0.3 is 10.8 Å². The maximum Gasteiger partial charge on any atom is 0.223 e. The van der Waals surface area contributed by atoms with Crippen molar-refractivity contribution in [2.75, 3.05) is 11.5 Å². The van der Waals surface area contributed by atoms with Crippen molar-refractivity contribution in [3.05, 3.63) is 29.8 Å². The first kappa shape index (κ1) is 10.4. The fraction of sp³-hybridized carbons (Fsp3) is 0.167. The molecule has 0 fully saturated rings. The molecule has 0 unspecified atom stereocenters. The minimum atomic E-state index is 0.00445. The largest absolute Gasteiger partial charge is 0.493 e. The summed E-state index contributed by atoms with van der Waals surface area (Å²) in [6, 6.07) is 8.02. The second kappa shape index (κ2) is 3.92. The average molecular weight is 245 g/mol. The van der Waals surface area contributed by atoms with Crippen LogP contribution in [0.2, 0.25) is 0 Å². The first-order valence-electron chi connectivity index (χ1n) is 5.33. The maximum atomic E-state index is 9.85. The number of hydrogen-bond donors (Lipinski definition) is 2. The van der Waals surface area contributed by atoms with Gasteiger partial charge in [-0.1, -0.05) is 18.2 Å². The molecule has 0 saturated carbocycles. The van der Waals surface area contributed by atoms with Crippen LogP contribution in [-0.4, -0.2) is 20.8 Å². The van der Waals surface area contributed by atoms with Gasteiger partial charge >= 0.3 is 0 Å². The van der Waals surface area contributed by atoms with Crippen molar-refractivity contribution < 1.29 is 5.11 Å². The molecule has 0 bridgehead atoms. The van der Waals surface area contributed by atoms with Crippen LogP contribution in [0.15, 0.2) is 29.2 Å². The fourth-order valence-corrected chi connectivity index (χ4v) is 3.01. The molecule has 4 nitrogen and oxygen atoms in total. The van der Waals surface area contributed by atoms with Crippen molar-refractivity contribution in [2.24, 2.45) is 0 Å². The SMILES string of the molecule is Nc1nc(O)c2c(n1)-c1ccccc1SCC2. The van der Waals surface area contributed by atoms with Gasteiger partial charge in [-0.2, -0.15) is 4.98 Å². The van der Waals surface area contributed by atoms with Gasteiger partial charge in [-0.15, -0.1) is 11.8 Å². The van der Waals surface area contributed by atoms with E-state index in [-0.39, 0.29) is 11.8 Å². The molecule has 1 aromatic carbocycles. The summed E-state index contributed by atoms with van der Waals surface area (Å²) in [6.07, 6.45) is 0.751. The Morgan fingerprint density at radius 1 is 1.24 bits per heavy atom. The number of nitrogen functional groups attached to an aromatic ring is 1. The first-order chi connectivity index (χ1) is 8.25. The number of hydrogen-bond acceptors (Lipinski definition) is 5. The van der Waals surface area contributed by atoms with E-state index in [2.05, 4.69) is 16.0 Å². The number of aromatic nitrogens is 2. The smallest absolute Gasteiger partial charge is 0.223 e. The Balaban J connectivity index is 2.32. The molecule has 3 N–H and O–H groups in total. The van der Waals surface area contributed by atoms with Crippen LogP contribution in [0, 0.1) is 0 Å². The molecule has 2 heterocycles. The van der Waals surface area contributed by atoms with E-state index in [1.165, 1.54) is 4.90 Å². The lowest BCUT2D eigenvalue weighted by Gasteiger charge is -2.08. The zero-order valence-corrected chi connectivity index (χ0v) is 9.87. The van der Waals surface area contributed by atoms with Crippen LogP contribution in [0.25, 0.3) is 11.3 Å². The van der Waals surface area contributed by atoms with Crippen molar-refractivity contribution >= 4 is 17.7 Å². The molecule has 0 atom stereocenters. The number of fused-ring (bicyclic) bond motifs is 3. The van der Waals surface area contributed by atoms with Crippen molar-refractivity contribution in [1.29, 1.82) is 0 Å². The Hall–Kier alpha value is -1.75. The summed E-state index contributed by atoms with van der Waals surface area (Å²) in [4.78, 5) is 9.25. The number of rotatable bonds is 0. The molecule has 0 aliphatic carbocycles. The minimum absolute atomic E-state index is 0.00445. The Morgan fingerprint density at radius 2 is 2.06 bits per heavy atom. The predicted molar refractivity (Wildman–Crippen MR) is 68.0 cm³/mol. The normalized spacial score (nSPS) is 13.6. The highest BCUT2D eigenvalue weighted by Crippen LogP contribution is 2.38. The van der Waals surface area contributed by atoms with Crippen LogP contribution in [0.3, 0.4) is 0 Å². The molecule has 0 saturated heterocycles. The van der Waals surface area contributed by atoms with E-state index in [0.29, 0.717) is 0 Å². The van der Waals surface area contributed by atoms with Gasteiger partial charge in [0.25, 0.3) is 0 Å². The van der Waals surface area contributed by atoms with E-state index in [1.807, 2.05) is 18.2 Å². The zero-order valence-electron chi connectivity index (χ0n) is 9.05. The van der Waals surface area contributed by atoms with Gasteiger partial charge in [0.1, 0.15) is 0 Å². The van der Waals surface area contributed by atoms with E-state index in [9.17, 15) is 5.11 Å². The summed E-state index contributed by atoms with van der Waals surface area (Å²) in [5, 5.41) is 9.85. The van der Waals surface area contributed by atoms with Crippen LogP contribution in [-0.2, 0) is 6.42 Å². The van der Waals surface area contributed by atoms with Gasteiger partial charge in [0.2, 0.25) is 11.8 Å². The van der Waals surface area contributed by atoms with Gasteiger partial charge in [0.05, 0.1) is 5.69 Å². The second-order valence-electron chi connectivity index (χ2n) is 3.83. The molecule has 17 heavy (non-hydrogen) atoms. The average Bonchev–Trinajstić information content (AvgIpc) is 2.49. The van der Waals surface area contributed by atoms with Crippen molar-refractivity contribution in [3.63, 3.8) is 0 Å². The Labute approximate surface area is 103 Å². The van der Waals surface area contributed by atoms with Crippen LogP contribution in [0.4, 0.5) is 5.95 Å². The van der Waals surface area contributed by atoms with Gasteiger partial charge in [0.15, 0.2) is 0 Å². The molecule has 3 rings (SSSR count). The molecule has 1 aliphatic rings. The Kier molecular flexibility index (Phi) is 2.40. The predicted octanol–water partition coefficient (Wildman–Crippen LogP) is 2.08. The van der Waals surface area contributed by atoms with Gasteiger partial charge in [-0.25, -0.2) is 4.98 Å². The maximum absolute atomic E-state index is 9.85. The third-order valence-corrected chi connectivity index (χ3v) is 3.83. The van der Waals surface area contributed by atoms with Crippen LogP contribution >= 0.6 is 11.8 Å². The highest BCUT2D eigenvalue weighted by Gasteiger charge is 2.20. The lowest BCUT2D eigenvalue weighted by atomic mass is 10.1. The van der Waals surface area contributed by atoms with Gasteiger partial charge in [-0.05, 0) is 12.5 Å². The topological polar surface area (TPSA) is 72.0 Å². The standard InChI is InChI=1S/C12H11N3OS/c13-12-14-10-7-3-1-2-4-9(7)17-6-5-8(10)11(16)15-12/h1-4H,5-6H2,(H3,13,14,15,16). The summed E-state index contributed by atoms with van der Waals surface area (Å²) < 4.78 is 0. The summed E-state index contributed by atoms with van der Waals surface area (Å²) in [6.45, 7) is 0. The molecular weight excluding hydrogens is 234 g/mol. The van der Waals surface area contributed by atoms with E-state index in [0.717, 1.165) is 29.0 Å². The number of thioether (sulfide) groups is 1. The van der Waals surface area contributed by atoms with E-state index >= 15 is 0 Å². The third kappa shape index (κ3) is 1.72. The highest BCUT2D eigenvalue weighted by atomic mass is 32.2. The highest BCUT2D eigenvalue weighted by molar-refractivity contribution is 7.99. The summed E-state index contributed by atoms with van der Waals surface area (Å²) >= 11 is 1.76. The monoisotopic (exact) mass is 245 g/mol. The molecule has 1 aromatic heterocycles. The van der Waals surface area contributed by atoms with E-state index in [4.69, 9.17) is 5.73 Å². The lowest BCUT2D eigenvalue weighted by Crippen LogP contribution is -2.01. The molecule has 1 aliphatic heterocycles. The van der Waals surface area contributed by atoms with Crippen molar-refractivity contribution in [1.82, 2.24) is 9.97 Å². The summed E-state index contributed by atoms with van der Waals surface area (Å²) in [5.74, 6) is 1.03. The Morgan fingerprint density at radius 3 is 2.94 bits per heavy atom. The van der Waals surface area contributed by atoms with Gasteiger partial charge in [0, 0.05) is 21.8 Å². The molecule has 0 spiro atoms. The summed E-state index contributed by atoms with van der Waals surface area (Å²) in [5.41, 5.74) is 8.17. The molecular formula is C12H11N3OS. The van der Waals surface area contributed by atoms with Crippen LogP contribution in [0.5, 0.6) is 5.88 Å².